The Balaban J connectivity index is 2.65. The van der Waals surface area contributed by atoms with Gasteiger partial charge in [-0.1, -0.05) is 0 Å². The molecule has 0 spiro atoms. The van der Waals surface area contributed by atoms with Gasteiger partial charge in [-0.2, -0.15) is 0 Å². The van der Waals surface area contributed by atoms with Gasteiger partial charge in [0.05, 0.1) is 0 Å². The summed E-state index contributed by atoms with van der Waals surface area (Å²) in [7, 11) is 0. The van der Waals surface area contributed by atoms with Crippen LogP contribution >= 0.6 is 22.6 Å². The van der Waals surface area contributed by atoms with Crippen LogP contribution in [-0.4, -0.2) is 20.3 Å². The number of para-hydroxylation sites is 1. The van der Waals surface area contributed by atoms with Gasteiger partial charge in [-0.05, 0) is 0 Å². The van der Waals surface area contributed by atoms with Gasteiger partial charge in [0.1, 0.15) is 0 Å². The molecule has 0 aliphatic rings. The number of hydrogen-bond donors (Lipinski definition) is 0. The third kappa shape index (κ3) is 2.50. The predicted molar refractivity (Wildman–Crippen MR) is 77.4 cm³/mol. The zero-order valence-corrected chi connectivity index (χ0v) is 12.2. The van der Waals surface area contributed by atoms with Crippen molar-refractivity contribution in [3.63, 3.8) is 0 Å². The maximum atomic E-state index is 4.27. The van der Waals surface area contributed by atoms with Gasteiger partial charge < -0.3 is 0 Å². The topological polar surface area (TPSA) is 12.4 Å². The van der Waals surface area contributed by atoms with Crippen molar-refractivity contribution < 1.29 is 0 Å². The first-order valence-corrected chi connectivity index (χ1v) is 6.68. The summed E-state index contributed by atoms with van der Waals surface area (Å²) < 4.78 is 3.86. The van der Waals surface area contributed by atoms with Crippen molar-refractivity contribution >= 4 is 48.6 Å². The first-order chi connectivity index (χ1) is 7.83. The Bertz CT molecular complexity index is 545. The van der Waals surface area contributed by atoms with Crippen LogP contribution in [0.5, 0.6) is 0 Å². The Hall–Kier alpha value is -0.731. The van der Waals surface area contributed by atoms with Gasteiger partial charge in [0.15, 0.2) is 0 Å². The van der Waals surface area contributed by atoms with E-state index in [1.54, 1.807) is 0 Å². The van der Waals surface area contributed by atoms with Crippen LogP contribution in [0.1, 0.15) is 0 Å². The van der Waals surface area contributed by atoms with E-state index in [1.807, 2.05) is 30.3 Å². The van der Waals surface area contributed by atoms with Gasteiger partial charge in [0.25, 0.3) is 0 Å². The van der Waals surface area contributed by atoms with E-state index in [1.165, 1.54) is 5.56 Å². The molecular weight excluding hydrogens is 376 g/mol. The summed E-state index contributed by atoms with van der Waals surface area (Å²) in [5, 5.41) is 0. The van der Waals surface area contributed by atoms with Crippen LogP contribution in [0.25, 0.3) is 11.1 Å². The Labute approximate surface area is 116 Å². The molecule has 0 saturated heterocycles. The van der Waals surface area contributed by atoms with E-state index in [-0.39, 0.29) is 0 Å². The van der Waals surface area contributed by atoms with E-state index in [0.717, 1.165) is 14.8 Å². The second-order valence-corrected chi connectivity index (χ2v) is 4.75. The Kier molecular flexibility index (Phi) is 4.08. The van der Waals surface area contributed by atoms with Crippen molar-refractivity contribution in [2.75, 3.05) is 0 Å². The first kappa shape index (κ1) is 11.7. The van der Waals surface area contributed by atoms with Crippen LogP contribution in [0.2, 0.25) is 0 Å². The summed E-state index contributed by atoms with van der Waals surface area (Å²) in [5.41, 5.74) is 3.28. The van der Waals surface area contributed by atoms with Crippen LogP contribution in [0.3, 0.4) is 0 Å². The second-order valence-electron chi connectivity index (χ2n) is 3.21. The molecule has 0 aliphatic heterocycles. The third-order valence-corrected chi connectivity index (χ3v) is 3.29. The number of nitrogens with zero attached hydrogens (tertiary/aromatic N) is 1. The van der Waals surface area contributed by atoms with Crippen molar-refractivity contribution in [2.45, 2.75) is 0 Å². The Morgan fingerprint density at radius 3 is 2.44 bits per heavy atom. The molecule has 0 amide bonds. The van der Waals surface area contributed by atoms with Crippen LogP contribution in [0.15, 0.2) is 53.5 Å². The molecule has 2 aromatic carbocycles. The Morgan fingerprint density at radius 2 is 1.75 bits per heavy atom. The number of halogens is 1. The fourth-order valence-corrected chi connectivity index (χ4v) is 2.34. The average Bonchev–Trinajstić information content (AvgIpc) is 2.33. The summed E-state index contributed by atoms with van der Waals surface area (Å²) in [6.07, 6.45) is 0. The number of hydrogen-bond acceptors (Lipinski definition) is 1. The Morgan fingerprint density at radius 1 is 1.00 bits per heavy atom. The molecule has 16 heavy (non-hydrogen) atoms. The first-order valence-electron chi connectivity index (χ1n) is 4.75. The van der Waals surface area contributed by atoms with Gasteiger partial charge in [-0.15, -0.1) is 0 Å². The van der Waals surface area contributed by atoms with Crippen LogP contribution in [-0.2, 0) is 0 Å². The van der Waals surface area contributed by atoms with Crippen LogP contribution in [0, 0.1) is 3.57 Å². The fourth-order valence-electron chi connectivity index (χ4n) is 1.53. The molecule has 0 atom stereocenters. The average molecular weight is 384 g/mol. The number of rotatable bonds is 2. The van der Waals surface area contributed by atoms with E-state index < -0.39 is 0 Å². The molecule has 0 unspecified atom stereocenters. The van der Waals surface area contributed by atoms with Crippen molar-refractivity contribution in [1.29, 1.82) is 0 Å². The molecular formula is C13H8INSe. The van der Waals surface area contributed by atoms with E-state index in [4.69, 9.17) is 0 Å². The standard InChI is InChI=1S/C13H8INSe/c14-12-8-4-7-11(13(12)15-9-16)10-5-2-1-3-6-10/h1-8H. The molecule has 0 fully saturated rings. The van der Waals surface area contributed by atoms with Gasteiger partial charge in [0, 0.05) is 0 Å². The molecule has 2 rings (SSSR count). The molecule has 0 N–H and O–H groups in total. The van der Waals surface area contributed by atoms with Crippen molar-refractivity contribution in [3.05, 3.63) is 52.1 Å². The summed E-state index contributed by atoms with van der Waals surface area (Å²) >= 11 is 4.97. The number of aliphatic imine (C=N–C) groups is 1. The van der Waals surface area contributed by atoms with Crippen molar-refractivity contribution in [1.82, 2.24) is 0 Å². The third-order valence-electron chi connectivity index (χ3n) is 2.23. The predicted octanol–water partition coefficient (Wildman–Crippen LogP) is 3.66. The minimum atomic E-state index is 0.966. The van der Waals surface area contributed by atoms with E-state index >= 15 is 0 Å². The molecule has 0 bridgehead atoms. The summed E-state index contributed by atoms with van der Waals surface area (Å²) in [4.78, 5) is 4.27. The maximum absolute atomic E-state index is 4.27. The fraction of sp³-hybridized carbons (Fsp3) is 0. The van der Waals surface area contributed by atoms with Crippen molar-refractivity contribution in [3.8, 4) is 11.1 Å². The van der Waals surface area contributed by atoms with Crippen LogP contribution in [0.4, 0.5) is 5.69 Å². The van der Waals surface area contributed by atoms with E-state index in [2.05, 4.69) is 66.1 Å². The van der Waals surface area contributed by atoms with E-state index in [0.29, 0.717) is 0 Å². The summed E-state index contributed by atoms with van der Waals surface area (Å²) in [6.45, 7) is 0. The van der Waals surface area contributed by atoms with Gasteiger partial charge in [-0.25, -0.2) is 0 Å². The van der Waals surface area contributed by atoms with Crippen molar-refractivity contribution in [2.24, 2.45) is 4.99 Å². The second kappa shape index (κ2) is 5.55. The molecule has 0 aromatic heterocycles. The monoisotopic (exact) mass is 385 g/mol. The minimum absolute atomic E-state index is 0.966. The van der Waals surface area contributed by atoms with Gasteiger partial charge in [0.2, 0.25) is 0 Å². The molecule has 2 aromatic rings. The zero-order chi connectivity index (χ0) is 11.4. The van der Waals surface area contributed by atoms with Gasteiger partial charge >= 0.3 is 117 Å². The number of benzene rings is 2. The zero-order valence-electron chi connectivity index (χ0n) is 8.35. The normalized spacial score (nSPS) is 9.56. The molecule has 0 heterocycles. The van der Waals surface area contributed by atoms with Crippen LogP contribution < -0.4 is 0 Å². The molecule has 0 aliphatic carbocycles. The molecule has 0 radical (unpaired) electrons. The molecule has 78 valence electrons. The van der Waals surface area contributed by atoms with E-state index in [9.17, 15) is 0 Å². The van der Waals surface area contributed by atoms with Gasteiger partial charge in [-0.3, -0.25) is 0 Å². The SMILES string of the molecule is [Se]=C=Nc1c(I)cccc1-c1ccccc1. The molecule has 1 nitrogen and oxygen atoms in total. The molecule has 3 heteroatoms. The summed E-state index contributed by atoms with van der Waals surface area (Å²) in [5.74, 6) is 0. The quantitative estimate of drug-likeness (QED) is 0.426. The summed E-state index contributed by atoms with van der Waals surface area (Å²) in [6, 6.07) is 16.4. The molecule has 0 saturated carbocycles.